The molecule has 0 N–H and O–H groups in total. The summed E-state index contributed by atoms with van der Waals surface area (Å²) in [5.74, 6) is 0.363. The Hall–Kier alpha value is -1.22. The zero-order valence-corrected chi connectivity index (χ0v) is 13.0. The number of alkyl halides is 3. The lowest BCUT2D eigenvalue weighted by atomic mass is 9.58. The van der Waals surface area contributed by atoms with Crippen molar-refractivity contribution in [2.75, 3.05) is 0 Å². The molecule has 1 unspecified atom stereocenters. The van der Waals surface area contributed by atoms with E-state index in [9.17, 15) is 8.78 Å². The van der Waals surface area contributed by atoms with E-state index in [2.05, 4.69) is 52.3 Å². The highest BCUT2D eigenvalue weighted by Gasteiger charge is 2.45. The van der Waals surface area contributed by atoms with Gasteiger partial charge in [-0.2, -0.15) is 8.78 Å². The maximum Gasteiger partial charge on any atom is 0.301 e. The average Bonchev–Trinajstić information content (AvgIpc) is 2.46. The Balaban J connectivity index is 1.87. The molecule has 0 saturated heterocycles. The zero-order valence-electron chi connectivity index (χ0n) is 11.4. The fourth-order valence-electron chi connectivity index (χ4n) is 4.26. The van der Waals surface area contributed by atoms with Gasteiger partial charge < -0.3 is 0 Å². The van der Waals surface area contributed by atoms with Gasteiger partial charge in [0.25, 0.3) is 0 Å². The Bertz CT molecular complexity index is 642. The van der Waals surface area contributed by atoms with Gasteiger partial charge in [-0.1, -0.05) is 48.5 Å². The molecule has 0 aromatic heterocycles. The first-order valence-corrected chi connectivity index (χ1v) is 8.08. The van der Waals surface area contributed by atoms with Gasteiger partial charge in [0.1, 0.15) is 0 Å². The number of fused-ring (bicyclic) bond motifs is 1. The Kier molecular flexibility index (Phi) is 2.97. The van der Waals surface area contributed by atoms with Crippen molar-refractivity contribution >= 4 is 15.9 Å². The molecule has 0 fully saturated rings. The molecule has 1 atom stereocenters. The summed E-state index contributed by atoms with van der Waals surface area (Å²) in [4.78, 5) is -2.78. The number of hydrogen-bond acceptors (Lipinski definition) is 0. The summed E-state index contributed by atoms with van der Waals surface area (Å²) in [6.45, 7) is 0. The number of hydrogen-bond donors (Lipinski definition) is 0. The van der Waals surface area contributed by atoms with E-state index in [0.717, 1.165) is 6.42 Å². The van der Waals surface area contributed by atoms with Gasteiger partial charge >= 0.3 is 4.83 Å². The minimum absolute atomic E-state index is 0.00539. The molecule has 0 radical (unpaired) electrons. The van der Waals surface area contributed by atoms with Gasteiger partial charge in [0, 0.05) is 18.3 Å². The number of rotatable bonds is 2. The highest BCUT2D eigenvalue weighted by Crippen LogP contribution is 2.57. The summed E-state index contributed by atoms with van der Waals surface area (Å²) >= 11 is 2.53. The molecule has 0 nitrogen and oxygen atoms in total. The van der Waals surface area contributed by atoms with Crippen molar-refractivity contribution in [3.63, 3.8) is 0 Å². The molecular weight excluding hydrogens is 334 g/mol. The van der Waals surface area contributed by atoms with Crippen molar-refractivity contribution in [1.29, 1.82) is 0 Å². The van der Waals surface area contributed by atoms with Crippen LogP contribution >= 0.6 is 15.9 Å². The molecule has 3 heteroatoms. The lowest BCUT2D eigenvalue weighted by Gasteiger charge is -2.46. The summed E-state index contributed by atoms with van der Waals surface area (Å²) in [5, 5.41) is 0. The van der Waals surface area contributed by atoms with E-state index < -0.39 is 4.83 Å². The molecule has 0 saturated carbocycles. The van der Waals surface area contributed by atoms with Crippen molar-refractivity contribution in [2.24, 2.45) is 5.92 Å². The molecule has 3 aliphatic carbocycles. The molecule has 21 heavy (non-hydrogen) atoms. The largest absolute Gasteiger partial charge is 0.301 e. The van der Waals surface area contributed by atoms with Crippen molar-refractivity contribution in [3.8, 4) is 0 Å². The van der Waals surface area contributed by atoms with Gasteiger partial charge in [-0.25, -0.2) is 0 Å². The normalized spacial score (nSPS) is 26.3. The molecule has 0 heterocycles. The minimum atomic E-state index is -2.78. The molecule has 0 amide bonds. The fourth-order valence-corrected chi connectivity index (χ4v) is 4.67. The predicted molar refractivity (Wildman–Crippen MR) is 83.2 cm³/mol. The third-order valence-corrected chi connectivity index (χ3v) is 5.24. The van der Waals surface area contributed by atoms with Gasteiger partial charge in [0.05, 0.1) is 0 Å². The monoisotopic (exact) mass is 348 g/mol. The van der Waals surface area contributed by atoms with Crippen LogP contribution in [0.25, 0.3) is 0 Å². The fraction of sp³-hybridized carbons (Fsp3) is 0.333. The first kappa shape index (κ1) is 13.4. The van der Waals surface area contributed by atoms with Crippen LogP contribution in [0.1, 0.15) is 46.9 Å². The maximum atomic E-state index is 13.5. The minimum Gasteiger partial charge on any atom is -0.194 e. The van der Waals surface area contributed by atoms with Crippen LogP contribution in [0.3, 0.4) is 0 Å². The van der Waals surface area contributed by atoms with E-state index in [0.29, 0.717) is 0 Å². The second-order valence-corrected chi connectivity index (χ2v) is 7.26. The second-order valence-electron chi connectivity index (χ2n) is 6.10. The second kappa shape index (κ2) is 4.64. The lowest BCUT2D eigenvalue weighted by Crippen LogP contribution is -2.34. The molecule has 0 aliphatic heterocycles. The first-order chi connectivity index (χ1) is 10.0. The van der Waals surface area contributed by atoms with E-state index >= 15 is 0 Å². The topological polar surface area (TPSA) is 0 Å². The number of benzene rings is 2. The molecule has 108 valence electrons. The van der Waals surface area contributed by atoms with Gasteiger partial charge in [0.2, 0.25) is 0 Å². The van der Waals surface area contributed by atoms with Gasteiger partial charge in [-0.15, -0.1) is 0 Å². The van der Waals surface area contributed by atoms with Crippen molar-refractivity contribution < 1.29 is 8.78 Å². The third-order valence-electron chi connectivity index (χ3n) is 4.92. The smallest absolute Gasteiger partial charge is 0.194 e. The average molecular weight is 349 g/mol. The summed E-state index contributed by atoms with van der Waals surface area (Å²) in [6.07, 6.45) is 0.719. The van der Waals surface area contributed by atoms with Gasteiger partial charge in [-0.05, 0) is 50.5 Å². The summed E-state index contributed by atoms with van der Waals surface area (Å²) in [7, 11) is 0. The predicted octanol–water partition coefficient (Wildman–Crippen LogP) is 5.66. The van der Waals surface area contributed by atoms with E-state index in [-0.39, 0.29) is 24.2 Å². The Morgan fingerprint density at radius 3 is 1.86 bits per heavy atom. The highest BCUT2D eigenvalue weighted by molar-refractivity contribution is 9.09. The van der Waals surface area contributed by atoms with E-state index in [1.54, 1.807) is 0 Å². The summed E-state index contributed by atoms with van der Waals surface area (Å²) in [5.41, 5.74) is 5.15. The standard InChI is InChI=1S/C18H15BrF2/c19-18(20,21)10-11-9-16-12-5-1-3-7-14(12)17(11)15-8-4-2-6-13(15)16/h1-8,11,16-17H,9-10H2. The molecular formula is C18H15BrF2. The molecule has 3 aliphatic rings. The van der Waals surface area contributed by atoms with Crippen molar-refractivity contribution in [3.05, 3.63) is 70.8 Å². The van der Waals surface area contributed by atoms with Crippen LogP contribution in [-0.4, -0.2) is 4.83 Å². The number of halogens is 3. The molecule has 0 spiro atoms. The van der Waals surface area contributed by atoms with Gasteiger partial charge in [-0.3, -0.25) is 0 Å². The van der Waals surface area contributed by atoms with Crippen molar-refractivity contribution in [1.82, 2.24) is 0 Å². The zero-order chi connectivity index (χ0) is 14.6. The van der Waals surface area contributed by atoms with Crippen LogP contribution in [0.2, 0.25) is 0 Å². The van der Waals surface area contributed by atoms with Crippen LogP contribution < -0.4 is 0 Å². The van der Waals surface area contributed by atoms with Crippen LogP contribution in [0, 0.1) is 5.92 Å². The Labute approximate surface area is 131 Å². The molecule has 2 bridgehead atoms. The van der Waals surface area contributed by atoms with E-state index in [1.807, 2.05) is 12.1 Å². The molecule has 5 rings (SSSR count). The molecule has 2 aromatic rings. The Morgan fingerprint density at radius 1 is 0.905 bits per heavy atom. The third kappa shape index (κ3) is 2.13. The lowest BCUT2D eigenvalue weighted by molar-refractivity contribution is 0.0727. The Morgan fingerprint density at radius 2 is 1.38 bits per heavy atom. The van der Waals surface area contributed by atoms with Crippen molar-refractivity contribution in [2.45, 2.75) is 29.5 Å². The van der Waals surface area contributed by atoms with E-state index in [1.165, 1.54) is 22.3 Å². The quantitative estimate of drug-likeness (QED) is 0.614. The van der Waals surface area contributed by atoms with Crippen LogP contribution in [0.15, 0.2) is 48.5 Å². The SMILES string of the molecule is FC(F)(Br)CC1CC2c3ccccc3C1c1ccccc12. The molecule has 2 aromatic carbocycles. The summed E-state index contributed by atoms with van der Waals surface area (Å²) < 4.78 is 27.0. The van der Waals surface area contributed by atoms with E-state index in [4.69, 9.17) is 0 Å². The highest BCUT2D eigenvalue weighted by atomic mass is 79.9. The van der Waals surface area contributed by atoms with Gasteiger partial charge in [0.15, 0.2) is 0 Å². The van der Waals surface area contributed by atoms with Crippen LogP contribution in [-0.2, 0) is 0 Å². The van der Waals surface area contributed by atoms with Crippen LogP contribution in [0.5, 0.6) is 0 Å². The van der Waals surface area contributed by atoms with Crippen LogP contribution in [0.4, 0.5) is 8.78 Å². The summed E-state index contributed by atoms with van der Waals surface area (Å²) in [6, 6.07) is 16.7. The first-order valence-electron chi connectivity index (χ1n) is 7.29. The maximum absolute atomic E-state index is 13.5.